The molecular weight excluding hydrogens is 566 g/mol. The first-order valence-corrected chi connectivity index (χ1v) is 15.3. The Balaban J connectivity index is 1.61. The Morgan fingerprint density at radius 3 is 2.35 bits per heavy atom. The number of rotatable bonds is 12. The van der Waals surface area contributed by atoms with Gasteiger partial charge in [0.15, 0.2) is 0 Å². The van der Waals surface area contributed by atoms with E-state index in [1.807, 2.05) is 44.2 Å². The molecule has 2 bridgehead atoms. The molecule has 3 saturated heterocycles. The SMILES string of the molecule is C=CCN(C(=O)[C@@H]1[C@@H]2CCC3(O2)C(C(=O)N(CC=C)c2ccccc2Cl)N([C@@H](CO)CC(C)C)C(=O)[C@H]13)c1ccccc1. The van der Waals surface area contributed by atoms with Crippen LogP contribution in [-0.4, -0.2) is 71.2 Å². The van der Waals surface area contributed by atoms with Crippen LogP contribution in [0.1, 0.15) is 33.1 Å². The number of nitrogens with zero attached hydrogens (tertiary/aromatic N) is 3. The number of para-hydroxylation sites is 2. The summed E-state index contributed by atoms with van der Waals surface area (Å²) < 4.78 is 6.69. The van der Waals surface area contributed by atoms with Crippen molar-refractivity contribution in [2.75, 3.05) is 29.5 Å². The molecule has 0 aliphatic carbocycles. The van der Waals surface area contributed by atoms with Crippen LogP contribution in [0.4, 0.5) is 11.4 Å². The Bertz CT molecular complexity index is 1380. The van der Waals surface area contributed by atoms with E-state index in [4.69, 9.17) is 16.3 Å². The standard InChI is InChI=1S/C34H40ClN3O5/c1-5-18-36(23-12-8-7-9-13-23)31(40)28-27-16-17-34(43-27)29(28)32(41)38(24(21-39)20-22(3)4)30(34)33(42)37(19-6-2)26-15-11-10-14-25(26)35/h5-15,22,24,27-30,39H,1-2,16-21H2,3-4H3/t24-,27+,28-,29+,30?,34?/m1/s1. The first-order chi connectivity index (χ1) is 20.7. The lowest BCUT2D eigenvalue weighted by molar-refractivity contribution is -0.144. The molecular formula is C34H40ClN3O5. The predicted molar refractivity (Wildman–Crippen MR) is 168 cm³/mol. The number of amides is 3. The third-order valence-corrected chi connectivity index (χ3v) is 9.29. The quantitative estimate of drug-likeness (QED) is 0.349. The highest BCUT2D eigenvalue weighted by molar-refractivity contribution is 6.34. The largest absolute Gasteiger partial charge is 0.394 e. The van der Waals surface area contributed by atoms with E-state index in [9.17, 15) is 19.5 Å². The van der Waals surface area contributed by atoms with Gasteiger partial charge in [-0.1, -0.05) is 67.9 Å². The zero-order valence-electron chi connectivity index (χ0n) is 24.8. The molecule has 3 heterocycles. The molecule has 9 heteroatoms. The van der Waals surface area contributed by atoms with E-state index in [-0.39, 0.29) is 43.3 Å². The lowest BCUT2D eigenvalue weighted by Crippen LogP contribution is -2.59. The summed E-state index contributed by atoms with van der Waals surface area (Å²) in [7, 11) is 0. The summed E-state index contributed by atoms with van der Waals surface area (Å²) in [6.45, 7) is 11.8. The second-order valence-corrected chi connectivity index (χ2v) is 12.4. The summed E-state index contributed by atoms with van der Waals surface area (Å²) in [5.74, 6) is -2.45. The summed E-state index contributed by atoms with van der Waals surface area (Å²) >= 11 is 6.57. The average Bonchev–Trinajstić information content (AvgIpc) is 3.65. The molecule has 3 aliphatic heterocycles. The Morgan fingerprint density at radius 1 is 1.07 bits per heavy atom. The molecule has 1 N–H and O–H groups in total. The highest BCUT2D eigenvalue weighted by atomic mass is 35.5. The smallest absolute Gasteiger partial charge is 0.253 e. The molecule has 43 heavy (non-hydrogen) atoms. The molecule has 2 aromatic rings. The number of fused-ring (bicyclic) bond motifs is 1. The van der Waals surface area contributed by atoms with Crippen molar-refractivity contribution in [1.29, 1.82) is 0 Å². The summed E-state index contributed by atoms with van der Waals surface area (Å²) in [6.07, 6.45) is 4.22. The number of aliphatic hydroxyl groups excluding tert-OH is 1. The summed E-state index contributed by atoms with van der Waals surface area (Å²) in [5.41, 5.74) is -0.0315. The minimum Gasteiger partial charge on any atom is -0.394 e. The molecule has 0 saturated carbocycles. The molecule has 228 valence electrons. The third-order valence-electron chi connectivity index (χ3n) is 8.97. The molecule has 2 unspecified atom stereocenters. The van der Waals surface area contributed by atoms with Gasteiger partial charge in [-0.25, -0.2) is 0 Å². The van der Waals surface area contributed by atoms with E-state index in [1.165, 1.54) is 9.80 Å². The average molecular weight is 606 g/mol. The van der Waals surface area contributed by atoms with Crippen molar-refractivity contribution in [2.45, 2.75) is 56.9 Å². The number of halogens is 1. The van der Waals surface area contributed by atoms with E-state index >= 15 is 0 Å². The maximum atomic E-state index is 14.8. The van der Waals surface area contributed by atoms with Gasteiger partial charge in [-0.2, -0.15) is 0 Å². The van der Waals surface area contributed by atoms with Crippen LogP contribution in [0.5, 0.6) is 0 Å². The Kier molecular flexibility index (Phi) is 9.11. The van der Waals surface area contributed by atoms with Crippen molar-refractivity contribution < 1.29 is 24.2 Å². The molecule has 8 nitrogen and oxygen atoms in total. The van der Waals surface area contributed by atoms with Gasteiger partial charge in [0.25, 0.3) is 5.91 Å². The normalized spacial score (nSPS) is 26.3. The topological polar surface area (TPSA) is 90.4 Å². The second-order valence-electron chi connectivity index (χ2n) is 12.0. The number of anilines is 2. The van der Waals surface area contributed by atoms with Crippen LogP contribution in [0.3, 0.4) is 0 Å². The fourth-order valence-electron chi connectivity index (χ4n) is 7.36. The van der Waals surface area contributed by atoms with Gasteiger partial charge in [-0.15, -0.1) is 13.2 Å². The van der Waals surface area contributed by atoms with Gasteiger partial charge in [0.1, 0.15) is 11.6 Å². The summed E-state index contributed by atoms with van der Waals surface area (Å²) in [4.78, 5) is 48.4. The highest BCUT2D eigenvalue weighted by Crippen LogP contribution is 2.59. The number of hydrogen-bond acceptors (Lipinski definition) is 5. The van der Waals surface area contributed by atoms with Crippen LogP contribution in [0.2, 0.25) is 5.02 Å². The van der Waals surface area contributed by atoms with E-state index in [0.29, 0.717) is 35.7 Å². The lowest BCUT2D eigenvalue weighted by Gasteiger charge is -2.39. The molecule has 3 amide bonds. The molecule has 6 atom stereocenters. The van der Waals surface area contributed by atoms with Crippen LogP contribution in [-0.2, 0) is 19.1 Å². The number of likely N-dealkylation sites (tertiary alicyclic amines) is 1. The number of aliphatic hydroxyl groups is 1. The van der Waals surface area contributed by atoms with Gasteiger partial charge in [0.2, 0.25) is 11.8 Å². The number of benzene rings is 2. The van der Waals surface area contributed by atoms with E-state index in [1.54, 1.807) is 41.3 Å². The van der Waals surface area contributed by atoms with Crippen molar-refractivity contribution in [2.24, 2.45) is 17.8 Å². The van der Waals surface area contributed by atoms with E-state index < -0.39 is 35.6 Å². The van der Waals surface area contributed by atoms with Crippen LogP contribution in [0.15, 0.2) is 79.9 Å². The molecule has 3 aliphatic rings. The van der Waals surface area contributed by atoms with Gasteiger partial charge < -0.3 is 24.5 Å². The van der Waals surface area contributed by atoms with Crippen LogP contribution >= 0.6 is 11.6 Å². The fraction of sp³-hybridized carbons (Fsp3) is 0.441. The van der Waals surface area contributed by atoms with Gasteiger partial charge in [0, 0.05) is 18.8 Å². The van der Waals surface area contributed by atoms with Crippen molar-refractivity contribution in [3.05, 3.63) is 84.9 Å². The molecule has 5 rings (SSSR count). The zero-order chi connectivity index (χ0) is 30.9. The summed E-state index contributed by atoms with van der Waals surface area (Å²) in [6, 6.07) is 14.6. The van der Waals surface area contributed by atoms with Gasteiger partial charge >= 0.3 is 0 Å². The van der Waals surface area contributed by atoms with Crippen molar-refractivity contribution in [3.63, 3.8) is 0 Å². The molecule has 0 aromatic heterocycles. The number of carbonyl (C=O) groups excluding carboxylic acids is 3. The van der Waals surface area contributed by atoms with Gasteiger partial charge in [-0.3, -0.25) is 14.4 Å². The first-order valence-electron chi connectivity index (χ1n) is 14.9. The lowest BCUT2D eigenvalue weighted by atomic mass is 9.70. The number of hydrogen-bond donors (Lipinski definition) is 1. The molecule has 1 spiro atoms. The minimum atomic E-state index is -1.22. The first kappa shape index (κ1) is 31.0. The van der Waals surface area contributed by atoms with Crippen LogP contribution in [0.25, 0.3) is 0 Å². The maximum absolute atomic E-state index is 14.8. The fourth-order valence-corrected chi connectivity index (χ4v) is 7.60. The van der Waals surface area contributed by atoms with Crippen molar-refractivity contribution >= 4 is 40.7 Å². The molecule has 2 aromatic carbocycles. The number of carbonyl (C=O) groups is 3. The molecule has 3 fully saturated rings. The zero-order valence-corrected chi connectivity index (χ0v) is 25.5. The van der Waals surface area contributed by atoms with Crippen LogP contribution < -0.4 is 9.80 Å². The maximum Gasteiger partial charge on any atom is 0.253 e. The Labute approximate surface area is 258 Å². The highest BCUT2D eigenvalue weighted by Gasteiger charge is 2.75. The Hall–Kier alpha value is -3.46. The van der Waals surface area contributed by atoms with Gasteiger partial charge in [0.05, 0.1) is 41.3 Å². The van der Waals surface area contributed by atoms with Crippen LogP contribution in [0, 0.1) is 17.8 Å². The third kappa shape index (κ3) is 5.30. The monoisotopic (exact) mass is 605 g/mol. The Morgan fingerprint density at radius 2 is 1.72 bits per heavy atom. The summed E-state index contributed by atoms with van der Waals surface area (Å²) in [5, 5.41) is 11.0. The van der Waals surface area contributed by atoms with Crippen molar-refractivity contribution in [1.82, 2.24) is 4.90 Å². The van der Waals surface area contributed by atoms with E-state index in [2.05, 4.69) is 13.2 Å². The molecule has 0 radical (unpaired) electrons. The minimum absolute atomic E-state index is 0.141. The van der Waals surface area contributed by atoms with Gasteiger partial charge in [-0.05, 0) is 49.4 Å². The predicted octanol–water partition coefficient (Wildman–Crippen LogP) is 4.86. The van der Waals surface area contributed by atoms with E-state index in [0.717, 1.165) is 0 Å². The second kappa shape index (κ2) is 12.6. The van der Waals surface area contributed by atoms with Crippen molar-refractivity contribution in [3.8, 4) is 0 Å². The number of ether oxygens (including phenoxy) is 1.